The zero-order chi connectivity index (χ0) is 15.8. The molecular weight excluding hydrogens is 278 g/mol. The highest BCUT2D eigenvalue weighted by Gasteiger charge is 2.27. The number of ether oxygens (including phenoxy) is 1. The Morgan fingerprint density at radius 2 is 1.95 bits per heavy atom. The number of amides is 1. The van der Waals surface area contributed by atoms with E-state index in [1.54, 1.807) is 20.8 Å². The molecule has 1 atom stereocenters. The van der Waals surface area contributed by atoms with Crippen LogP contribution in [0, 0.1) is 11.6 Å². The largest absolute Gasteiger partial charge is 0.444 e. The van der Waals surface area contributed by atoms with Gasteiger partial charge >= 0.3 is 6.09 Å². The second-order valence-corrected chi connectivity index (χ2v) is 6.26. The van der Waals surface area contributed by atoms with Gasteiger partial charge in [0.2, 0.25) is 0 Å². The van der Waals surface area contributed by atoms with Gasteiger partial charge in [-0.1, -0.05) is 0 Å². The predicted molar refractivity (Wildman–Crippen MR) is 74.5 cm³/mol. The van der Waals surface area contributed by atoms with Crippen molar-refractivity contribution in [1.82, 2.24) is 4.90 Å². The molecule has 0 saturated heterocycles. The molecule has 2 N–H and O–H groups in total. The number of halogens is 2. The van der Waals surface area contributed by atoms with Crippen molar-refractivity contribution in [3.8, 4) is 0 Å². The highest BCUT2D eigenvalue weighted by Crippen LogP contribution is 2.28. The Morgan fingerprint density at radius 3 is 2.57 bits per heavy atom. The van der Waals surface area contributed by atoms with Gasteiger partial charge in [0, 0.05) is 19.1 Å². The summed E-state index contributed by atoms with van der Waals surface area (Å²) in [5.41, 5.74) is 6.44. The van der Waals surface area contributed by atoms with E-state index in [1.165, 1.54) is 4.90 Å². The number of carbonyl (C=O) groups excluding carboxylic acids is 1. The SMILES string of the molecule is CC(C)(C)OC(=O)N1CC[C@@H](N)c2cc(F)c(F)cc2C1. The van der Waals surface area contributed by atoms with E-state index < -0.39 is 29.4 Å². The van der Waals surface area contributed by atoms with Crippen LogP contribution in [0.3, 0.4) is 0 Å². The molecule has 0 aromatic heterocycles. The molecule has 6 heteroatoms. The highest BCUT2D eigenvalue weighted by molar-refractivity contribution is 5.68. The minimum Gasteiger partial charge on any atom is -0.444 e. The van der Waals surface area contributed by atoms with E-state index in [2.05, 4.69) is 0 Å². The normalized spacial score (nSPS) is 19.0. The molecule has 0 spiro atoms. The zero-order valence-electron chi connectivity index (χ0n) is 12.5. The van der Waals surface area contributed by atoms with Crippen LogP contribution in [0.25, 0.3) is 0 Å². The van der Waals surface area contributed by atoms with Crippen LogP contribution in [0.2, 0.25) is 0 Å². The summed E-state index contributed by atoms with van der Waals surface area (Å²) in [7, 11) is 0. The van der Waals surface area contributed by atoms with Gasteiger partial charge in [-0.2, -0.15) is 0 Å². The Balaban J connectivity index is 2.27. The van der Waals surface area contributed by atoms with Crippen molar-refractivity contribution >= 4 is 6.09 Å². The summed E-state index contributed by atoms with van der Waals surface area (Å²) in [5, 5.41) is 0. The lowest BCUT2D eigenvalue weighted by Crippen LogP contribution is -2.36. The first-order valence-electron chi connectivity index (χ1n) is 6.88. The first-order valence-corrected chi connectivity index (χ1v) is 6.88. The summed E-state index contributed by atoms with van der Waals surface area (Å²) in [4.78, 5) is 13.6. The van der Waals surface area contributed by atoms with E-state index in [0.717, 1.165) is 12.1 Å². The van der Waals surface area contributed by atoms with Crippen LogP contribution < -0.4 is 5.73 Å². The quantitative estimate of drug-likeness (QED) is 0.800. The zero-order valence-corrected chi connectivity index (χ0v) is 12.5. The number of nitrogens with two attached hydrogens (primary N) is 1. The number of hydrogen-bond donors (Lipinski definition) is 1. The molecule has 0 fully saturated rings. The fraction of sp³-hybridized carbons (Fsp3) is 0.533. The van der Waals surface area contributed by atoms with Crippen molar-refractivity contribution < 1.29 is 18.3 Å². The van der Waals surface area contributed by atoms with Crippen LogP contribution in [-0.4, -0.2) is 23.1 Å². The molecule has 4 nitrogen and oxygen atoms in total. The van der Waals surface area contributed by atoms with E-state index in [1.807, 2.05) is 0 Å². The van der Waals surface area contributed by atoms with Gasteiger partial charge in [0.25, 0.3) is 0 Å². The summed E-state index contributed by atoms with van der Waals surface area (Å²) >= 11 is 0. The average molecular weight is 298 g/mol. The van der Waals surface area contributed by atoms with E-state index in [9.17, 15) is 13.6 Å². The van der Waals surface area contributed by atoms with Crippen molar-refractivity contribution in [2.24, 2.45) is 5.73 Å². The minimum atomic E-state index is -0.938. The van der Waals surface area contributed by atoms with Gasteiger partial charge in [0.05, 0.1) is 0 Å². The first-order chi connectivity index (χ1) is 9.67. The topological polar surface area (TPSA) is 55.6 Å². The van der Waals surface area contributed by atoms with Crippen molar-refractivity contribution in [3.05, 3.63) is 34.9 Å². The van der Waals surface area contributed by atoms with Crippen LogP contribution in [0.4, 0.5) is 13.6 Å². The van der Waals surface area contributed by atoms with Crippen molar-refractivity contribution in [2.45, 2.75) is 45.4 Å². The van der Waals surface area contributed by atoms with Crippen LogP contribution in [0.1, 0.15) is 44.4 Å². The van der Waals surface area contributed by atoms with Crippen LogP contribution >= 0.6 is 0 Å². The monoisotopic (exact) mass is 298 g/mol. The molecule has 0 unspecified atom stereocenters. The highest BCUT2D eigenvalue weighted by atomic mass is 19.2. The Bertz CT molecular complexity index is 555. The van der Waals surface area contributed by atoms with Crippen LogP contribution in [0.15, 0.2) is 12.1 Å². The molecule has 1 aliphatic rings. The van der Waals surface area contributed by atoms with E-state index >= 15 is 0 Å². The van der Waals surface area contributed by atoms with Crippen molar-refractivity contribution in [2.75, 3.05) is 6.54 Å². The number of nitrogens with zero attached hydrogens (tertiary/aromatic N) is 1. The van der Waals surface area contributed by atoms with E-state index in [0.29, 0.717) is 24.1 Å². The maximum absolute atomic E-state index is 13.4. The summed E-state index contributed by atoms with van der Waals surface area (Å²) in [6.45, 7) is 5.87. The van der Waals surface area contributed by atoms with E-state index in [4.69, 9.17) is 10.5 Å². The molecule has 0 saturated carbocycles. The first kappa shape index (κ1) is 15.7. The third kappa shape index (κ3) is 3.69. The Labute approximate surface area is 122 Å². The predicted octanol–water partition coefficient (Wildman–Crippen LogP) is 3.11. The molecule has 0 aliphatic carbocycles. The third-order valence-electron chi connectivity index (χ3n) is 3.30. The van der Waals surface area contributed by atoms with E-state index in [-0.39, 0.29) is 6.54 Å². The second kappa shape index (κ2) is 5.60. The smallest absolute Gasteiger partial charge is 0.410 e. The maximum atomic E-state index is 13.4. The molecule has 2 rings (SSSR count). The second-order valence-electron chi connectivity index (χ2n) is 6.26. The lowest BCUT2D eigenvalue weighted by atomic mass is 10.00. The molecule has 1 amide bonds. The van der Waals surface area contributed by atoms with Gasteiger partial charge in [-0.15, -0.1) is 0 Å². The Morgan fingerprint density at radius 1 is 1.33 bits per heavy atom. The standard InChI is InChI=1S/C15H20F2N2O2/c1-15(2,3)21-14(20)19-5-4-13(18)10-7-12(17)11(16)6-9(10)8-19/h6-7,13H,4-5,8,18H2,1-3H3/t13-/m1/s1. The molecule has 1 aromatic rings. The molecule has 0 radical (unpaired) electrons. The molecule has 1 heterocycles. The number of rotatable bonds is 0. The van der Waals surface area contributed by atoms with Gasteiger partial charge in [-0.25, -0.2) is 13.6 Å². The van der Waals surface area contributed by atoms with Crippen LogP contribution in [0.5, 0.6) is 0 Å². The number of hydrogen-bond acceptors (Lipinski definition) is 3. The van der Waals surface area contributed by atoms with Gasteiger partial charge in [0.1, 0.15) is 5.60 Å². The summed E-state index contributed by atoms with van der Waals surface area (Å²) in [6, 6.07) is 1.80. The lowest BCUT2D eigenvalue weighted by Gasteiger charge is -2.26. The van der Waals surface area contributed by atoms with Gasteiger partial charge < -0.3 is 15.4 Å². The molecule has 116 valence electrons. The summed E-state index contributed by atoms with van der Waals surface area (Å²) < 4.78 is 32.1. The fourth-order valence-electron chi connectivity index (χ4n) is 2.30. The number of benzene rings is 1. The molecule has 0 bridgehead atoms. The Kier molecular flexibility index (Phi) is 4.18. The minimum absolute atomic E-state index is 0.162. The van der Waals surface area contributed by atoms with Gasteiger partial charge in [0.15, 0.2) is 11.6 Å². The van der Waals surface area contributed by atoms with Crippen molar-refractivity contribution in [3.63, 3.8) is 0 Å². The Hall–Kier alpha value is -1.69. The number of fused-ring (bicyclic) bond motifs is 1. The average Bonchev–Trinajstić information content (AvgIpc) is 2.49. The number of carbonyl (C=O) groups is 1. The third-order valence-corrected chi connectivity index (χ3v) is 3.30. The van der Waals surface area contributed by atoms with Gasteiger partial charge in [-0.3, -0.25) is 0 Å². The molecular formula is C15H20F2N2O2. The lowest BCUT2D eigenvalue weighted by molar-refractivity contribution is 0.0234. The van der Waals surface area contributed by atoms with Crippen LogP contribution in [-0.2, 0) is 11.3 Å². The summed E-state index contributed by atoms with van der Waals surface area (Å²) in [6.07, 6.45) is -0.00981. The molecule has 1 aromatic carbocycles. The summed E-state index contributed by atoms with van der Waals surface area (Å²) in [5.74, 6) is -1.86. The van der Waals surface area contributed by atoms with Crippen molar-refractivity contribution in [1.29, 1.82) is 0 Å². The fourth-order valence-corrected chi connectivity index (χ4v) is 2.30. The molecule has 1 aliphatic heterocycles. The maximum Gasteiger partial charge on any atom is 0.410 e. The molecule has 21 heavy (non-hydrogen) atoms. The van der Waals surface area contributed by atoms with Gasteiger partial charge in [-0.05, 0) is 50.5 Å².